The van der Waals surface area contributed by atoms with E-state index in [1.807, 2.05) is 12.1 Å². The van der Waals surface area contributed by atoms with Crippen LogP contribution in [-0.4, -0.2) is 18.3 Å². The number of halogens is 1. The maximum Gasteiger partial charge on any atom is 0.175 e. The summed E-state index contributed by atoms with van der Waals surface area (Å²) in [4.78, 5) is 0. The Bertz CT molecular complexity index is 413. The summed E-state index contributed by atoms with van der Waals surface area (Å²) in [5, 5.41) is 10.1. The Kier molecular flexibility index (Phi) is 1.97. The topological polar surface area (TPSA) is 38.7 Å². The van der Waals surface area contributed by atoms with E-state index in [9.17, 15) is 5.11 Å². The number of ether oxygens (including phenoxy) is 2. The lowest BCUT2D eigenvalue weighted by Gasteiger charge is -2.23. The molecular weight excluding hydrogens is 260 g/mol. The lowest BCUT2D eigenvalue weighted by atomic mass is 10.1. The molecule has 3 nitrogen and oxygen atoms in total. The monoisotopic (exact) mass is 270 g/mol. The fraction of sp³-hybridized carbons (Fsp3) is 0.455. The number of benzene rings is 1. The summed E-state index contributed by atoms with van der Waals surface area (Å²) < 4.78 is 12.0. The molecule has 1 fully saturated rings. The fourth-order valence-corrected chi connectivity index (χ4v) is 2.28. The highest BCUT2D eigenvalue weighted by Crippen LogP contribution is 2.53. The van der Waals surface area contributed by atoms with E-state index in [0.29, 0.717) is 19.0 Å². The first-order valence-electron chi connectivity index (χ1n) is 5.02. The van der Waals surface area contributed by atoms with Gasteiger partial charge in [-0.15, -0.1) is 0 Å². The first-order valence-corrected chi connectivity index (χ1v) is 5.81. The van der Waals surface area contributed by atoms with Crippen molar-refractivity contribution in [3.8, 4) is 11.5 Å². The van der Waals surface area contributed by atoms with Crippen LogP contribution >= 0.6 is 15.9 Å². The summed E-state index contributed by atoms with van der Waals surface area (Å²) in [6.45, 7) is 1.11. The summed E-state index contributed by atoms with van der Waals surface area (Å²) in [6, 6.07) is 3.81. The number of hydrogen-bond donors (Lipinski definition) is 1. The molecule has 80 valence electrons. The summed E-state index contributed by atoms with van der Waals surface area (Å²) in [5.74, 6) is 1.43. The minimum Gasteiger partial charge on any atom is -0.486 e. The van der Waals surface area contributed by atoms with E-state index in [-0.39, 0.29) is 0 Å². The Labute approximate surface area is 96.1 Å². The minimum absolute atomic E-state index is 0.548. The van der Waals surface area contributed by atoms with E-state index >= 15 is 0 Å². The quantitative estimate of drug-likeness (QED) is 0.851. The lowest BCUT2D eigenvalue weighted by molar-refractivity contribution is 0.130. The van der Waals surface area contributed by atoms with Gasteiger partial charge in [0, 0.05) is 5.56 Å². The SMILES string of the molecule is OC1(c2ccc(Br)c3c2OCCO3)CC1. The summed E-state index contributed by atoms with van der Waals surface area (Å²) >= 11 is 3.42. The van der Waals surface area contributed by atoms with E-state index in [1.54, 1.807) is 0 Å². The van der Waals surface area contributed by atoms with Crippen molar-refractivity contribution in [2.45, 2.75) is 18.4 Å². The van der Waals surface area contributed by atoms with Crippen LogP contribution in [0.4, 0.5) is 0 Å². The highest BCUT2D eigenvalue weighted by atomic mass is 79.9. The second-order valence-corrected chi connectivity index (χ2v) is 4.84. The van der Waals surface area contributed by atoms with Crippen molar-refractivity contribution in [3.63, 3.8) is 0 Å². The molecular formula is C11H11BrO3. The van der Waals surface area contributed by atoms with Gasteiger partial charge in [-0.1, -0.05) is 6.07 Å². The van der Waals surface area contributed by atoms with Crippen molar-refractivity contribution in [3.05, 3.63) is 22.2 Å². The van der Waals surface area contributed by atoms with Crippen molar-refractivity contribution in [2.24, 2.45) is 0 Å². The van der Waals surface area contributed by atoms with Gasteiger partial charge in [-0.3, -0.25) is 0 Å². The fourth-order valence-electron chi connectivity index (χ4n) is 1.86. The number of fused-ring (bicyclic) bond motifs is 1. The third-order valence-corrected chi connectivity index (χ3v) is 3.49. The lowest BCUT2D eigenvalue weighted by Crippen LogP contribution is -2.19. The van der Waals surface area contributed by atoms with Gasteiger partial charge in [0.15, 0.2) is 11.5 Å². The molecule has 0 bridgehead atoms. The minimum atomic E-state index is -0.675. The standard InChI is InChI=1S/C11H11BrO3/c12-8-2-1-7(11(13)3-4-11)9-10(8)15-6-5-14-9/h1-2,13H,3-6H2. The van der Waals surface area contributed by atoms with Crippen LogP contribution in [0, 0.1) is 0 Å². The predicted molar refractivity (Wildman–Crippen MR) is 58.3 cm³/mol. The number of hydrogen-bond acceptors (Lipinski definition) is 3. The highest BCUT2D eigenvalue weighted by molar-refractivity contribution is 9.10. The molecule has 1 aromatic carbocycles. The van der Waals surface area contributed by atoms with Gasteiger partial charge in [-0.2, -0.15) is 0 Å². The van der Waals surface area contributed by atoms with E-state index < -0.39 is 5.60 Å². The van der Waals surface area contributed by atoms with Crippen LogP contribution in [0.1, 0.15) is 18.4 Å². The number of aliphatic hydroxyl groups is 1. The molecule has 0 saturated heterocycles. The molecule has 0 radical (unpaired) electrons. The second-order valence-electron chi connectivity index (χ2n) is 3.98. The molecule has 1 heterocycles. The molecule has 1 aromatic rings. The first-order chi connectivity index (χ1) is 7.21. The maximum absolute atomic E-state index is 10.1. The average Bonchev–Trinajstić information content (AvgIpc) is 2.98. The smallest absolute Gasteiger partial charge is 0.175 e. The van der Waals surface area contributed by atoms with Crippen molar-refractivity contribution in [2.75, 3.05) is 13.2 Å². The van der Waals surface area contributed by atoms with Gasteiger partial charge in [0.2, 0.25) is 0 Å². The van der Waals surface area contributed by atoms with Crippen molar-refractivity contribution in [1.82, 2.24) is 0 Å². The van der Waals surface area contributed by atoms with E-state index in [4.69, 9.17) is 9.47 Å². The molecule has 1 aliphatic carbocycles. The van der Waals surface area contributed by atoms with Crippen LogP contribution in [0.5, 0.6) is 11.5 Å². The third kappa shape index (κ3) is 1.43. The molecule has 0 amide bonds. The van der Waals surface area contributed by atoms with Gasteiger partial charge < -0.3 is 14.6 Å². The molecule has 4 heteroatoms. The average molecular weight is 271 g/mol. The molecule has 15 heavy (non-hydrogen) atoms. The van der Waals surface area contributed by atoms with Crippen LogP contribution < -0.4 is 9.47 Å². The van der Waals surface area contributed by atoms with Gasteiger partial charge >= 0.3 is 0 Å². The van der Waals surface area contributed by atoms with Gasteiger partial charge in [-0.25, -0.2) is 0 Å². The Morgan fingerprint density at radius 1 is 1.13 bits per heavy atom. The summed E-state index contributed by atoms with van der Waals surface area (Å²) in [6.07, 6.45) is 1.62. The molecule has 0 spiro atoms. The van der Waals surface area contributed by atoms with E-state index in [2.05, 4.69) is 15.9 Å². The van der Waals surface area contributed by atoms with Crippen LogP contribution in [-0.2, 0) is 5.60 Å². The summed E-state index contributed by atoms with van der Waals surface area (Å²) in [5.41, 5.74) is 0.186. The van der Waals surface area contributed by atoms with Crippen molar-refractivity contribution < 1.29 is 14.6 Å². The normalized spacial score (nSPS) is 21.2. The highest BCUT2D eigenvalue weighted by Gasteiger charge is 2.45. The van der Waals surface area contributed by atoms with Crippen molar-refractivity contribution >= 4 is 15.9 Å². The van der Waals surface area contributed by atoms with Gasteiger partial charge in [0.25, 0.3) is 0 Å². The van der Waals surface area contributed by atoms with Gasteiger partial charge in [0.05, 0.1) is 10.1 Å². The van der Waals surface area contributed by atoms with Crippen LogP contribution in [0.2, 0.25) is 0 Å². The summed E-state index contributed by atoms with van der Waals surface area (Å²) in [7, 11) is 0. The van der Waals surface area contributed by atoms with Crippen molar-refractivity contribution in [1.29, 1.82) is 0 Å². The molecule has 1 aliphatic heterocycles. The molecule has 1 saturated carbocycles. The Morgan fingerprint density at radius 2 is 1.80 bits per heavy atom. The Hall–Kier alpha value is -0.740. The third-order valence-electron chi connectivity index (χ3n) is 2.87. The number of rotatable bonds is 1. The molecule has 1 N–H and O–H groups in total. The van der Waals surface area contributed by atoms with Gasteiger partial charge in [0.1, 0.15) is 13.2 Å². The van der Waals surface area contributed by atoms with Gasteiger partial charge in [-0.05, 0) is 34.8 Å². The second kappa shape index (κ2) is 3.12. The van der Waals surface area contributed by atoms with Crippen LogP contribution in [0.3, 0.4) is 0 Å². The predicted octanol–water partition coefficient (Wildman–Crippen LogP) is 2.20. The first kappa shape index (κ1) is 9.48. The largest absolute Gasteiger partial charge is 0.486 e. The molecule has 0 aromatic heterocycles. The van der Waals surface area contributed by atoms with E-state index in [0.717, 1.165) is 28.6 Å². The molecule has 2 aliphatic rings. The zero-order valence-electron chi connectivity index (χ0n) is 8.12. The molecule has 0 atom stereocenters. The Balaban J connectivity index is 2.15. The van der Waals surface area contributed by atoms with Crippen LogP contribution in [0.25, 0.3) is 0 Å². The molecule has 0 unspecified atom stereocenters. The zero-order chi connectivity index (χ0) is 10.5. The Morgan fingerprint density at radius 3 is 2.47 bits per heavy atom. The zero-order valence-corrected chi connectivity index (χ0v) is 9.71. The maximum atomic E-state index is 10.1. The molecule has 3 rings (SSSR count). The van der Waals surface area contributed by atoms with E-state index in [1.165, 1.54) is 0 Å². The van der Waals surface area contributed by atoms with Crippen LogP contribution in [0.15, 0.2) is 16.6 Å².